The largest absolute Gasteiger partial charge is 0.477 e. The second kappa shape index (κ2) is 8.85. The predicted molar refractivity (Wildman–Crippen MR) is 73.6 cm³/mol. The summed E-state index contributed by atoms with van der Waals surface area (Å²) in [5.41, 5.74) is 0. The Bertz CT molecular complexity index is 295. The molecular formula is C12H25N4O4+. The zero-order valence-electron chi connectivity index (χ0n) is 11.7. The highest BCUT2D eigenvalue weighted by Crippen LogP contribution is 2.06. The van der Waals surface area contributed by atoms with E-state index < -0.39 is 11.9 Å². The van der Waals surface area contributed by atoms with Gasteiger partial charge in [0.1, 0.15) is 0 Å². The lowest BCUT2D eigenvalue weighted by atomic mass is 10.3. The number of hydrogen-bond donors (Lipinski definition) is 5. The predicted octanol–water partition coefficient (Wildman–Crippen LogP) is -2.25. The maximum Gasteiger partial charge on any atom is 0.359 e. The van der Waals surface area contributed by atoms with Crippen LogP contribution in [-0.2, 0) is 9.59 Å². The first kappa shape index (κ1) is 16.8. The molecule has 8 heteroatoms. The van der Waals surface area contributed by atoms with E-state index in [1.807, 2.05) is 0 Å². The SMILES string of the molecule is O=C(O)C[N+]1(CC(=O)O)CCNCCNCCNCC1. The van der Waals surface area contributed by atoms with Crippen molar-refractivity contribution in [2.75, 3.05) is 65.4 Å². The van der Waals surface area contributed by atoms with E-state index in [-0.39, 0.29) is 17.6 Å². The lowest BCUT2D eigenvalue weighted by molar-refractivity contribution is -0.912. The van der Waals surface area contributed by atoms with Crippen LogP contribution in [0.4, 0.5) is 0 Å². The summed E-state index contributed by atoms with van der Waals surface area (Å²) in [5.74, 6) is -1.92. The van der Waals surface area contributed by atoms with E-state index in [0.29, 0.717) is 26.2 Å². The van der Waals surface area contributed by atoms with E-state index in [2.05, 4.69) is 16.0 Å². The molecule has 0 spiro atoms. The minimum absolute atomic E-state index is 0.0676. The second-order valence-corrected chi connectivity index (χ2v) is 5.14. The maximum atomic E-state index is 11.1. The second-order valence-electron chi connectivity index (χ2n) is 5.14. The highest BCUT2D eigenvalue weighted by Gasteiger charge is 2.32. The smallest absolute Gasteiger partial charge is 0.359 e. The molecule has 0 saturated carbocycles. The van der Waals surface area contributed by atoms with Gasteiger partial charge in [-0.05, 0) is 0 Å². The number of carboxylic acid groups (broad SMARTS) is 2. The first-order valence-electron chi connectivity index (χ1n) is 6.95. The fraction of sp³-hybridized carbons (Fsp3) is 0.833. The van der Waals surface area contributed by atoms with Crippen molar-refractivity contribution in [3.05, 3.63) is 0 Å². The molecule has 20 heavy (non-hydrogen) atoms. The fourth-order valence-electron chi connectivity index (χ4n) is 2.42. The molecule has 1 heterocycles. The van der Waals surface area contributed by atoms with Crippen molar-refractivity contribution in [2.45, 2.75) is 0 Å². The summed E-state index contributed by atoms with van der Waals surface area (Å²) in [6.07, 6.45) is 0. The van der Waals surface area contributed by atoms with Crippen LogP contribution in [0.5, 0.6) is 0 Å². The standard InChI is InChI=1S/C12H24N4O4/c17-11(18)9-16(10-12(19)20)7-5-14-3-1-13-2-4-15-6-8-16/h13-15H,1-10H2,(H-,17,18,19,20)/p+1. The Hall–Kier alpha value is -1.22. The highest BCUT2D eigenvalue weighted by molar-refractivity contribution is 5.70. The van der Waals surface area contributed by atoms with E-state index >= 15 is 0 Å². The third-order valence-corrected chi connectivity index (χ3v) is 3.42. The van der Waals surface area contributed by atoms with E-state index in [9.17, 15) is 9.59 Å². The van der Waals surface area contributed by atoms with Crippen LogP contribution < -0.4 is 16.0 Å². The van der Waals surface area contributed by atoms with Gasteiger partial charge in [-0.1, -0.05) is 0 Å². The van der Waals surface area contributed by atoms with Crippen LogP contribution in [-0.4, -0.2) is 92.1 Å². The average molecular weight is 289 g/mol. The van der Waals surface area contributed by atoms with Gasteiger partial charge in [-0.3, -0.25) is 0 Å². The van der Waals surface area contributed by atoms with Crippen LogP contribution in [0.3, 0.4) is 0 Å². The van der Waals surface area contributed by atoms with Crippen molar-refractivity contribution < 1.29 is 24.3 Å². The highest BCUT2D eigenvalue weighted by atomic mass is 16.4. The van der Waals surface area contributed by atoms with Crippen LogP contribution in [0.2, 0.25) is 0 Å². The van der Waals surface area contributed by atoms with Gasteiger partial charge in [0, 0.05) is 39.3 Å². The number of carboxylic acids is 2. The Morgan fingerprint density at radius 2 is 1.10 bits per heavy atom. The summed E-state index contributed by atoms with van der Waals surface area (Å²) < 4.78 is 0.0676. The van der Waals surface area contributed by atoms with Gasteiger partial charge in [-0.25, -0.2) is 9.59 Å². The van der Waals surface area contributed by atoms with Gasteiger partial charge in [0.2, 0.25) is 0 Å². The Labute approximate surface area is 118 Å². The van der Waals surface area contributed by atoms with E-state index in [1.165, 1.54) is 0 Å². The monoisotopic (exact) mass is 289 g/mol. The molecule has 0 amide bonds. The quantitative estimate of drug-likeness (QED) is 0.372. The fourth-order valence-corrected chi connectivity index (χ4v) is 2.42. The van der Waals surface area contributed by atoms with Crippen LogP contribution in [0.15, 0.2) is 0 Å². The molecule has 0 radical (unpaired) electrons. The van der Waals surface area contributed by atoms with Crippen molar-refractivity contribution >= 4 is 11.9 Å². The summed E-state index contributed by atoms with van der Waals surface area (Å²) in [6, 6.07) is 0. The van der Waals surface area contributed by atoms with Gasteiger partial charge >= 0.3 is 11.9 Å². The zero-order valence-corrected chi connectivity index (χ0v) is 11.7. The molecule has 116 valence electrons. The van der Waals surface area contributed by atoms with Gasteiger partial charge in [0.05, 0.1) is 13.1 Å². The van der Waals surface area contributed by atoms with Crippen molar-refractivity contribution in [2.24, 2.45) is 0 Å². The molecule has 1 aliphatic rings. The number of carbonyl (C=O) groups is 2. The van der Waals surface area contributed by atoms with Crippen LogP contribution in [0.25, 0.3) is 0 Å². The number of rotatable bonds is 4. The molecule has 0 aromatic heterocycles. The average Bonchev–Trinajstić information content (AvgIpc) is 2.32. The zero-order chi connectivity index (χ0) is 14.8. The van der Waals surface area contributed by atoms with E-state index in [1.54, 1.807) is 0 Å². The first-order chi connectivity index (χ1) is 9.54. The molecule has 0 aliphatic carbocycles. The Morgan fingerprint density at radius 1 is 0.750 bits per heavy atom. The lowest BCUT2D eigenvalue weighted by Gasteiger charge is -2.36. The molecule has 0 unspecified atom stereocenters. The number of nitrogens with zero attached hydrogens (tertiary/aromatic N) is 1. The maximum absolute atomic E-state index is 11.1. The van der Waals surface area contributed by atoms with Gasteiger partial charge in [-0.15, -0.1) is 0 Å². The Kier molecular flexibility index (Phi) is 7.45. The van der Waals surface area contributed by atoms with E-state index in [4.69, 9.17) is 10.2 Å². The first-order valence-corrected chi connectivity index (χ1v) is 6.95. The van der Waals surface area contributed by atoms with Gasteiger partial charge in [0.25, 0.3) is 0 Å². The third kappa shape index (κ3) is 6.80. The molecule has 0 aromatic carbocycles. The molecule has 0 bridgehead atoms. The van der Waals surface area contributed by atoms with Crippen LogP contribution in [0, 0.1) is 0 Å². The molecule has 8 nitrogen and oxygen atoms in total. The van der Waals surface area contributed by atoms with Crippen LogP contribution >= 0.6 is 0 Å². The number of aliphatic carboxylic acids is 2. The summed E-state index contributed by atoms with van der Waals surface area (Å²) in [7, 11) is 0. The summed E-state index contributed by atoms with van der Waals surface area (Å²) >= 11 is 0. The van der Waals surface area contributed by atoms with Crippen molar-refractivity contribution in [1.82, 2.24) is 16.0 Å². The van der Waals surface area contributed by atoms with E-state index in [0.717, 1.165) is 26.2 Å². The normalized spacial score (nSPS) is 21.4. The Morgan fingerprint density at radius 3 is 1.45 bits per heavy atom. The molecule has 5 N–H and O–H groups in total. The summed E-state index contributed by atoms with van der Waals surface area (Å²) in [6.45, 7) is 5.19. The molecule has 1 saturated heterocycles. The Balaban J connectivity index is 2.70. The molecular weight excluding hydrogens is 264 g/mol. The molecule has 0 aromatic rings. The van der Waals surface area contributed by atoms with Gasteiger partial charge in [0.15, 0.2) is 13.1 Å². The molecule has 1 rings (SSSR count). The number of hydrogen-bond acceptors (Lipinski definition) is 5. The summed E-state index contributed by atoms with van der Waals surface area (Å²) in [5, 5.41) is 27.9. The van der Waals surface area contributed by atoms with Crippen molar-refractivity contribution in [3.8, 4) is 0 Å². The molecule has 0 atom stereocenters. The number of nitrogens with one attached hydrogen (secondary N) is 3. The minimum Gasteiger partial charge on any atom is -0.477 e. The van der Waals surface area contributed by atoms with Crippen molar-refractivity contribution in [3.63, 3.8) is 0 Å². The van der Waals surface area contributed by atoms with Gasteiger partial charge < -0.3 is 30.6 Å². The number of quaternary nitrogens is 1. The molecule has 1 aliphatic heterocycles. The van der Waals surface area contributed by atoms with Crippen LogP contribution in [0.1, 0.15) is 0 Å². The topological polar surface area (TPSA) is 111 Å². The lowest BCUT2D eigenvalue weighted by Crippen LogP contribution is -2.59. The molecule has 1 fully saturated rings. The van der Waals surface area contributed by atoms with Crippen molar-refractivity contribution in [1.29, 1.82) is 0 Å². The third-order valence-electron chi connectivity index (χ3n) is 3.42. The van der Waals surface area contributed by atoms with Gasteiger partial charge in [-0.2, -0.15) is 0 Å². The minimum atomic E-state index is -0.958. The summed E-state index contributed by atoms with van der Waals surface area (Å²) in [4.78, 5) is 22.1.